The highest BCUT2D eigenvalue weighted by Crippen LogP contribution is 2.45. The number of hydrogen-bond donors (Lipinski definition) is 3. The van der Waals surface area contributed by atoms with E-state index in [0.717, 1.165) is 57.1 Å². The standard InChI is InChI=1S/C32H37N8O4P/c1-42-26-16-25-27(44-19-22-14-21(8-9-40(22)25)39-10-12-43-13-11-39)15-24(26)36-32-37-30-29(20(17-33)18-34-30)31(38-32)35-23-6-4-5-7-28(23)45(2,3)41/h4-7,15-16,18,21-22H,8-14,19H2,1-3H3,(H3,34,35,36,37,38)/t21-,22+/m0/s1. The summed E-state index contributed by atoms with van der Waals surface area (Å²) in [6.07, 6.45) is 3.76. The summed E-state index contributed by atoms with van der Waals surface area (Å²) in [5, 5.41) is 17.7. The molecule has 2 saturated heterocycles. The lowest BCUT2D eigenvalue weighted by atomic mass is 9.94. The van der Waals surface area contributed by atoms with Crippen molar-refractivity contribution in [3.05, 3.63) is 48.2 Å². The van der Waals surface area contributed by atoms with Crippen molar-refractivity contribution in [1.82, 2.24) is 19.9 Å². The van der Waals surface area contributed by atoms with Crippen molar-refractivity contribution in [3.8, 4) is 17.6 Å². The number of nitrogens with zero attached hydrogens (tertiary/aromatic N) is 5. The predicted molar refractivity (Wildman–Crippen MR) is 176 cm³/mol. The maximum absolute atomic E-state index is 13.1. The molecule has 45 heavy (non-hydrogen) atoms. The quantitative estimate of drug-likeness (QED) is 0.247. The van der Waals surface area contributed by atoms with Gasteiger partial charge in [0, 0.05) is 49.3 Å². The highest BCUT2D eigenvalue weighted by atomic mass is 31.2. The van der Waals surface area contributed by atoms with Crippen LogP contribution in [0.25, 0.3) is 11.0 Å². The van der Waals surface area contributed by atoms with E-state index in [1.54, 1.807) is 26.6 Å². The molecular formula is C32H37N8O4P. The van der Waals surface area contributed by atoms with Crippen molar-refractivity contribution in [2.75, 3.05) is 75.4 Å². The molecule has 0 unspecified atom stereocenters. The third kappa shape index (κ3) is 5.68. The number of para-hydroxylation sites is 1. The van der Waals surface area contributed by atoms with Crippen molar-refractivity contribution >= 4 is 52.3 Å². The SMILES string of the molecule is COc1cc2c(cc1Nc1nc(Nc3ccccc3P(C)(C)=O)c3c(C#N)c[nH]c3n1)OC[C@H]1C[C@@H](N3CCOCC3)CCN21. The van der Waals surface area contributed by atoms with E-state index in [0.29, 0.717) is 69.5 Å². The van der Waals surface area contributed by atoms with Crippen molar-refractivity contribution in [2.24, 2.45) is 0 Å². The maximum atomic E-state index is 13.1. The van der Waals surface area contributed by atoms with Crippen molar-refractivity contribution in [1.29, 1.82) is 5.26 Å². The van der Waals surface area contributed by atoms with Gasteiger partial charge < -0.3 is 39.3 Å². The molecule has 7 rings (SSSR count). The molecule has 0 amide bonds. The third-order valence-corrected chi connectivity index (χ3v) is 10.5. The van der Waals surface area contributed by atoms with Gasteiger partial charge in [-0.2, -0.15) is 15.2 Å². The predicted octanol–water partition coefficient (Wildman–Crippen LogP) is 4.64. The number of nitrogens with one attached hydrogen (secondary N) is 3. The average molecular weight is 629 g/mol. The molecule has 2 aromatic carbocycles. The zero-order valence-electron chi connectivity index (χ0n) is 25.7. The first kappa shape index (κ1) is 29.4. The summed E-state index contributed by atoms with van der Waals surface area (Å²) in [4.78, 5) is 17.6. The fourth-order valence-corrected chi connectivity index (χ4v) is 7.84. The van der Waals surface area contributed by atoms with E-state index in [4.69, 9.17) is 19.2 Å². The van der Waals surface area contributed by atoms with Crippen LogP contribution in [0.2, 0.25) is 0 Å². The summed E-state index contributed by atoms with van der Waals surface area (Å²) in [7, 11) is -0.960. The zero-order valence-corrected chi connectivity index (χ0v) is 26.6. The Morgan fingerprint density at radius 2 is 1.91 bits per heavy atom. The molecule has 0 aliphatic carbocycles. The molecule has 2 fully saturated rings. The summed E-state index contributed by atoms with van der Waals surface area (Å²) in [6.45, 7) is 8.63. The van der Waals surface area contributed by atoms with Crippen molar-refractivity contribution < 1.29 is 18.8 Å². The number of hydrogen-bond acceptors (Lipinski definition) is 11. The van der Waals surface area contributed by atoms with E-state index in [2.05, 4.69) is 36.5 Å². The summed E-state index contributed by atoms with van der Waals surface area (Å²) in [5.74, 6) is 2.13. The molecule has 4 aromatic rings. The highest BCUT2D eigenvalue weighted by Gasteiger charge is 2.37. The van der Waals surface area contributed by atoms with Gasteiger partial charge in [-0.25, -0.2) is 0 Å². The fraction of sp³-hybridized carbons (Fsp3) is 0.406. The normalized spacial score (nSPS) is 20.1. The second-order valence-corrected chi connectivity index (χ2v) is 15.2. The lowest BCUT2D eigenvalue weighted by molar-refractivity contribution is 0.00628. The van der Waals surface area contributed by atoms with Gasteiger partial charge in [-0.3, -0.25) is 4.90 Å². The van der Waals surface area contributed by atoms with Crippen LogP contribution in [-0.4, -0.2) is 91.8 Å². The van der Waals surface area contributed by atoms with Gasteiger partial charge in [-0.05, 0) is 38.3 Å². The second kappa shape index (κ2) is 11.9. The number of nitriles is 1. The van der Waals surface area contributed by atoms with Crippen LogP contribution in [0, 0.1) is 11.3 Å². The zero-order chi connectivity index (χ0) is 31.1. The molecule has 234 valence electrons. The number of rotatable bonds is 7. The monoisotopic (exact) mass is 628 g/mol. The number of methoxy groups -OCH3 is 1. The second-order valence-electron chi connectivity index (χ2n) is 12.1. The Bertz CT molecular complexity index is 1830. The topological polar surface area (TPSA) is 141 Å². The number of piperidine rings is 1. The Morgan fingerprint density at radius 1 is 1.09 bits per heavy atom. The van der Waals surface area contributed by atoms with Gasteiger partial charge in [0.1, 0.15) is 42.8 Å². The Balaban J connectivity index is 1.19. The van der Waals surface area contributed by atoms with Crippen LogP contribution < -0.4 is 30.3 Å². The summed E-state index contributed by atoms with van der Waals surface area (Å²) in [6, 6.07) is 14.4. The van der Waals surface area contributed by atoms with Crippen LogP contribution in [0.15, 0.2) is 42.6 Å². The minimum absolute atomic E-state index is 0.295. The van der Waals surface area contributed by atoms with E-state index in [9.17, 15) is 9.83 Å². The Kier molecular flexibility index (Phi) is 7.78. The molecule has 5 heterocycles. The van der Waals surface area contributed by atoms with E-state index in [1.165, 1.54) is 0 Å². The van der Waals surface area contributed by atoms with Crippen LogP contribution in [0.4, 0.5) is 28.8 Å². The van der Waals surface area contributed by atoms with Crippen LogP contribution >= 0.6 is 7.14 Å². The first-order chi connectivity index (χ1) is 21.8. The minimum atomic E-state index is -2.60. The number of anilines is 5. The fourth-order valence-electron chi connectivity index (χ4n) is 6.69. The third-order valence-electron chi connectivity index (χ3n) is 8.91. The van der Waals surface area contributed by atoms with Gasteiger partial charge in [-0.15, -0.1) is 0 Å². The molecule has 0 radical (unpaired) electrons. The maximum Gasteiger partial charge on any atom is 0.231 e. The molecule has 2 aromatic heterocycles. The minimum Gasteiger partial charge on any atom is -0.494 e. The number of H-pyrrole nitrogens is 1. The van der Waals surface area contributed by atoms with Gasteiger partial charge in [-0.1, -0.05) is 12.1 Å². The summed E-state index contributed by atoms with van der Waals surface area (Å²) >= 11 is 0. The Morgan fingerprint density at radius 3 is 2.69 bits per heavy atom. The van der Waals surface area contributed by atoms with Gasteiger partial charge in [0.25, 0.3) is 0 Å². The van der Waals surface area contributed by atoms with E-state index in [1.807, 2.05) is 36.4 Å². The molecule has 12 nitrogen and oxygen atoms in total. The van der Waals surface area contributed by atoms with Gasteiger partial charge in [0.05, 0.1) is 54.4 Å². The number of benzene rings is 2. The Hall–Kier alpha value is -4.30. The van der Waals surface area contributed by atoms with Crippen LogP contribution in [-0.2, 0) is 9.30 Å². The van der Waals surface area contributed by atoms with Gasteiger partial charge in [0.15, 0.2) is 0 Å². The molecule has 13 heteroatoms. The summed E-state index contributed by atoms with van der Waals surface area (Å²) in [5.41, 5.74) is 3.23. The molecule has 2 atom stereocenters. The van der Waals surface area contributed by atoms with E-state index < -0.39 is 7.14 Å². The van der Waals surface area contributed by atoms with Gasteiger partial charge in [0.2, 0.25) is 5.95 Å². The van der Waals surface area contributed by atoms with Crippen LogP contribution in [0.5, 0.6) is 11.5 Å². The number of fused-ring (bicyclic) bond motifs is 4. The Labute approximate surface area is 262 Å². The van der Waals surface area contributed by atoms with E-state index >= 15 is 0 Å². The number of aromatic nitrogens is 3. The molecule has 3 aliphatic rings. The largest absolute Gasteiger partial charge is 0.494 e. The molecule has 0 bridgehead atoms. The lowest BCUT2D eigenvalue weighted by Crippen LogP contribution is -2.55. The lowest BCUT2D eigenvalue weighted by Gasteiger charge is -2.47. The number of ether oxygens (including phenoxy) is 3. The molecular weight excluding hydrogens is 591 g/mol. The highest BCUT2D eigenvalue weighted by molar-refractivity contribution is 7.70. The first-order valence-corrected chi connectivity index (χ1v) is 17.8. The number of morpholine rings is 1. The number of aromatic amines is 1. The molecule has 0 spiro atoms. The van der Waals surface area contributed by atoms with E-state index in [-0.39, 0.29) is 0 Å². The van der Waals surface area contributed by atoms with Crippen LogP contribution in [0.1, 0.15) is 18.4 Å². The summed E-state index contributed by atoms with van der Waals surface area (Å²) < 4.78 is 30.8. The van der Waals surface area contributed by atoms with Crippen LogP contribution in [0.3, 0.4) is 0 Å². The van der Waals surface area contributed by atoms with Crippen molar-refractivity contribution in [3.63, 3.8) is 0 Å². The molecule has 3 N–H and O–H groups in total. The molecule has 3 aliphatic heterocycles. The smallest absolute Gasteiger partial charge is 0.231 e. The molecule has 0 saturated carbocycles. The average Bonchev–Trinajstić information content (AvgIpc) is 3.47. The first-order valence-electron chi connectivity index (χ1n) is 15.2. The van der Waals surface area contributed by atoms with Crippen molar-refractivity contribution in [2.45, 2.75) is 24.9 Å². The van der Waals surface area contributed by atoms with Gasteiger partial charge >= 0.3 is 0 Å².